The summed E-state index contributed by atoms with van der Waals surface area (Å²) < 4.78 is 0. The number of carbonyl (C=O) groups excluding carboxylic acids is 1. The normalized spacial score (nSPS) is 22.5. The number of nitrogens with two attached hydrogens (primary N) is 1. The molecule has 1 aromatic carbocycles. The van der Waals surface area contributed by atoms with Crippen LogP contribution in [-0.4, -0.2) is 67.8 Å². The van der Waals surface area contributed by atoms with E-state index < -0.39 is 41.8 Å². The highest BCUT2D eigenvalue weighted by Crippen LogP contribution is 2.48. The third kappa shape index (κ3) is 4.72. The average molecular weight is 443 g/mol. The lowest BCUT2D eigenvalue weighted by Gasteiger charge is -2.50. The van der Waals surface area contributed by atoms with E-state index in [0.717, 1.165) is 18.4 Å². The molecule has 0 atom stereocenters. The van der Waals surface area contributed by atoms with Crippen LogP contribution in [0.4, 0.5) is 0 Å². The van der Waals surface area contributed by atoms with E-state index in [1.54, 1.807) is 4.90 Å². The van der Waals surface area contributed by atoms with Crippen molar-refractivity contribution in [3.8, 4) is 0 Å². The molecule has 1 saturated carbocycles. The number of aliphatic hydroxyl groups is 1. The Hall–Kier alpha value is -2.69. The number of aliphatic carboxylic acids is 3. The molecular weight excluding hydrogens is 420 g/mol. The zero-order valence-corrected chi connectivity index (χ0v) is 16.9. The highest BCUT2D eigenvalue weighted by molar-refractivity contribution is 6.30. The first-order valence-electron chi connectivity index (χ1n) is 9.00. The van der Waals surface area contributed by atoms with Crippen LogP contribution in [-0.2, 0) is 31.1 Å². The molecule has 1 aromatic rings. The second kappa shape index (κ2) is 8.58. The Labute approximate surface area is 176 Å². The fourth-order valence-corrected chi connectivity index (χ4v) is 4.06. The number of hydrogen-bond acceptors (Lipinski definition) is 6. The molecule has 0 bridgehead atoms. The average Bonchev–Trinajstić information content (AvgIpc) is 2.57. The third-order valence-corrected chi connectivity index (χ3v) is 5.49. The van der Waals surface area contributed by atoms with E-state index in [0.29, 0.717) is 11.6 Å². The number of amides is 1. The molecule has 10 nitrogen and oxygen atoms in total. The van der Waals surface area contributed by atoms with Crippen molar-refractivity contribution < 1.29 is 39.6 Å². The largest absolute Gasteiger partial charge is 0.481 e. The van der Waals surface area contributed by atoms with Gasteiger partial charge in [-0.1, -0.05) is 17.7 Å². The predicted molar refractivity (Wildman–Crippen MR) is 104 cm³/mol. The van der Waals surface area contributed by atoms with E-state index in [1.165, 1.54) is 5.56 Å². The van der Waals surface area contributed by atoms with Gasteiger partial charge in [0.25, 0.3) is 0 Å². The SMILES string of the molecule is CN1Cc2ccc(Cl)cc2C2(CC(N)C2)C1=O.O=C(O)CC(O)(CC(=O)O)C(=O)O. The van der Waals surface area contributed by atoms with Crippen LogP contribution in [0.5, 0.6) is 0 Å². The van der Waals surface area contributed by atoms with Crippen molar-refractivity contribution >= 4 is 35.4 Å². The van der Waals surface area contributed by atoms with Crippen LogP contribution in [0.2, 0.25) is 5.02 Å². The lowest BCUT2D eigenvalue weighted by molar-refractivity contribution is -0.170. The fourth-order valence-electron chi connectivity index (χ4n) is 3.88. The summed E-state index contributed by atoms with van der Waals surface area (Å²) in [4.78, 5) is 44.7. The zero-order valence-electron chi connectivity index (χ0n) is 16.2. The topological polar surface area (TPSA) is 178 Å². The molecule has 0 radical (unpaired) electrons. The van der Waals surface area contributed by atoms with E-state index in [9.17, 15) is 19.2 Å². The van der Waals surface area contributed by atoms with Crippen molar-refractivity contribution in [2.45, 2.75) is 49.3 Å². The van der Waals surface area contributed by atoms with Gasteiger partial charge in [-0.3, -0.25) is 14.4 Å². The molecule has 1 aliphatic heterocycles. The molecule has 0 aromatic heterocycles. The van der Waals surface area contributed by atoms with E-state index in [1.807, 2.05) is 25.2 Å². The summed E-state index contributed by atoms with van der Waals surface area (Å²) in [5, 5.41) is 34.5. The molecule has 1 heterocycles. The number of rotatable bonds is 5. The number of carboxylic acid groups (broad SMARTS) is 3. The van der Waals surface area contributed by atoms with Crippen LogP contribution >= 0.6 is 11.6 Å². The minimum absolute atomic E-state index is 0.136. The Balaban J connectivity index is 0.000000224. The zero-order chi connectivity index (χ0) is 22.9. The number of benzene rings is 1. The van der Waals surface area contributed by atoms with Gasteiger partial charge in [-0.05, 0) is 36.1 Å². The standard InChI is InChI=1S/C13H15ClN2O.C6H8O7/c1-16-7-8-2-3-9(14)4-11(8)13(12(16)17)5-10(15)6-13;7-3(8)1-6(13,5(11)12)2-4(9)10/h2-4,10H,5-7,15H2,1H3;13H,1-2H2,(H,7,8)(H,9,10)(H,11,12). The molecule has 3 rings (SSSR count). The maximum Gasteiger partial charge on any atom is 0.336 e. The van der Waals surface area contributed by atoms with Crippen LogP contribution in [0.3, 0.4) is 0 Å². The van der Waals surface area contributed by atoms with Gasteiger partial charge in [0.1, 0.15) is 0 Å². The second-order valence-electron chi connectivity index (χ2n) is 7.69. The molecule has 1 fully saturated rings. The van der Waals surface area contributed by atoms with E-state index in [4.69, 9.17) is 37.8 Å². The molecule has 1 aliphatic carbocycles. The summed E-state index contributed by atoms with van der Waals surface area (Å²) in [6.07, 6.45) is -0.809. The fraction of sp³-hybridized carbons (Fsp3) is 0.474. The van der Waals surface area contributed by atoms with Crippen LogP contribution in [0.1, 0.15) is 36.8 Å². The number of carboxylic acids is 3. The van der Waals surface area contributed by atoms with E-state index in [2.05, 4.69) is 0 Å². The summed E-state index contributed by atoms with van der Waals surface area (Å²) in [6, 6.07) is 5.98. The summed E-state index contributed by atoms with van der Waals surface area (Å²) in [5.41, 5.74) is 5.04. The smallest absolute Gasteiger partial charge is 0.336 e. The Morgan fingerprint density at radius 1 is 1.20 bits per heavy atom. The van der Waals surface area contributed by atoms with Crippen molar-refractivity contribution in [1.29, 1.82) is 0 Å². The van der Waals surface area contributed by atoms with Gasteiger partial charge in [-0.15, -0.1) is 0 Å². The van der Waals surface area contributed by atoms with Gasteiger partial charge >= 0.3 is 17.9 Å². The van der Waals surface area contributed by atoms with Crippen molar-refractivity contribution in [2.24, 2.45) is 5.73 Å². The summed E-state index contributed by atoms with van der Waals surface area (Å²) in [6.45, 7) is 0.669. The van der Waals surface area contributed by atoms with Crippen LogP contribution in [0, 0.1) is 0 Å². The molecule has 0 unspecified atom stereocenters. The first kappa shape index (κ1) is 23.6. The Bertz CT molecular complexity index is 865. The van der Waals surface area contributed by atoms with Gasteiger partial charge in [0.2, 0.25) is 5.91 Å². The Morgan fingerprint density at radius 3 is 2.17 bits per heavy atom. The number of halogens is 1. The summed E-state index contributed by atoms with van der Waals surface area (Å²) >= 11 is 6.05. The maximum absolute atomic E-state index is 12.4. The van der Waals surface area contributed by atoms with Gasteiger partial charge < -0.3 is 31.1 Å². The molecule has 30 heavy (non-hydrogen) atoms. The van der Waals surface area contributed by atoms with Gasteiger partial charge in [0.05, 0.1) is 18.3 Å². The highest BCUT2D eigenvalue weighted by atomic mass is 35.5. The Kier molecular flexibility index (Phi) is 6.75. The molecule has 1 amide bonds. The van der Waals surface area contributed by atoms with Crippen LogP contribution < -0.4 is 5.73 Å². The minimum Gasteiger partial charge on any atom is -0.481 e. The van der Waals surface area contributed by atoms with Gasteiger partial charge in [0.15, 0.2) is 5.60 Å². The molecule has 1 spiro atoms. The summed E-state index contributed by atoms with van der Waals surface area (Å²) in [5.74, 6) is -4.83. The second-order valence-corrected chi connectivity index (χ2v) is 8.13. The van der Waals surface area contributed by atoms with E-state index >= 15 is 0 Å². The number of fused-ring (bicyclic) bond motifs is 2. The number of carbonyl (C=O) groups is 4. The first-order chi connectivity index (χ1) is 13.8. The van der Waals surface area contributed by atoms with E-state index in [-0.39, 0.29) is 11.9 Å². The number of hydrogen-bond donors (Lipinski definition) is 5. The predicted octanol–water partition coefficient (Wildman–Crippen LogP) is 0.422. The number of likely N-dealkylation sites (N-methyl/N-ethyl adjacent to an activating group) is 1. The highest BCUT2D eigenvalue weighted by Gasteiger charge is 2.54. The third-order valence-electron chi connectivity index (χ3n) is 5.26. The molecular formula is C19H23ClN2O8. The molecule has 0 saturated heterocycles. The summed E-state index contributed by atoms with van der Waals surface area (Å²) in [7, 11) is 1.85. The lowest BCUT2D eigenvalue weighted by atomic mass is 9.59. The maximum atomic E-state index is 12.4. The molecule has 2 aliphatic rings. The first-order valence-corrected chi connectivity index (χ1v) is 9.38. The van der Waals surface area contributed by atoms with Crippen molar-refractivity contribution in [2.75, 3.05) is 7.05 Å². The number of nitrogens with zero attached hydrogens (tertiary/aromatic N) is 1. The van der Waals surface area contributed by atoms with Gasteiger partial charge in [-0.2, -0.15) is 0 Å². The lowest BCUT2D eigenvalue weighted by Crippen LogP contribution is -2.60. The van der Waals surface area contributed by atoms with Gasteiger partial charge in [-0.25, -0.2) is 4.79 Å². The van der Waals surface area contributed by atoms with Crippen LogP contribution in [0.15, 0.2) is 18.2 Å². The van der Waals surface area contributed by atoms with Crippen molar-refractivity contribution in [1.82, 2.24) is 4.90 Å². The van der Waals surface area contributed by atoms with Gasteiger partial charge in [0, 0.05) is 24.7 Å². The minimum atomic E-state index is -2.74. The molecule has 11 heteroatoms. The van der Waals surface area contributed by atoms with Crippen LogP contribution in [0.25, 0.3) is 0 Å². The van der Waals surface area contributed by atoms with Crippen molar-refractivity contribution in [3.05, 3.63) is 34.3 Å². The Morgan fingerprint density at radius 2 is 1.73 bits per heavy atom. The molecule has 164 valence electrons. The quantitative estimate of drug-likeness (QED) is 0.432. The monoisotopic (exact) mass is 442 g/mol. The van der Waals surface area contributed by atoms with Crippen molar-refractivity contribution in [3.63, 3.8) is 0 Å². The molecule has 6 N–H and O–H groups in total.